The van der Waals surface area contributed by atoms with E-state index in [4.69, 9.17) is 9.47 Å². The predicted molar refractivity (Wildman–Crippen MR) is 70.1 cm³/mol. The van der Waals surface area contributed by atoms with Crippen molar-refractivity contribution < 1.29 is 14.6 Å². The number of rotatable bonds is 3. The van der Waals surface area contributed by atoms with Crippen LogP contribution in [-0.2, 0) is 4.74 Å². The Morgan fingerprint density at radius 1 is 1.17 bits per heavy atom. The number of phenols is 1. The van der Waals surface area contributed by atoms with Crippen LogP contribution in [0.5, 0.6) is 11.5 Å². The van der Waals surface area contributed by atoms with E-state index in [0.29, 0.717) is 6.61 Å². The maximum Gasteiger partial charge on any atom is 0.127 e. The van der Waals surface area contributed by atoms with Crippen LogP contribution in [-0.4, -0.2) is 24.4 Å². The van der Waals surface area contributed by atoms with Crippen LogP contribution in [0.4, 0.5) is 0 Å². The van der Waals surface area contributed by atoms with Crippen molar-refractivity contribution in [3.05, 3.63) is 36.4 Å². The van der Waals surface area contributed by atoms with Gasteiger partial charge in [-0.05, 0) is 25.0 Å². The molecule has 3 nitrogen and oxygen atoms in total. The van der Waals surface area contributed by atoms with Gasteiger partial charge >= 0.3 is 0 Å². The summed E-state index contributed by atoms with van der Waals surface area (Å²) in [5.74, 6) is 1.09. The predicted octanol–water partition coefficient (Wildman–Crippen LogP) is 3.10. The third kappa shape index (κ3) is 2.14. The lowest BCUT2D eigenvalue weighted by Gasteiger charge is -2.13. The minimum Gasteiger partial charge on any atom is -0.507 e. The molecule has 1 fully saturated rings. The Morgan fingerprint density at radius 3 is 2.78 bits per heavy atom. The van der Waals surface area contributed by atoms with E-state index in [1.165, 1.54) is 0 Å². The molecular formula is C15H16O3. The molecule has 0 saturated carbocycles. The van der Waals surface area contributed by atoms with Gasteiger partial charge in [0.05, 0.1) is 6.10 Å². The van der Waals surface area contributed by atoms with Gasteiger partial charge in [-0.3, -0.25) is 0 Å². The molecule has 2 aromatic rings. The Morgan fingerprint density at radius 2 is 2.00 bits per heavy atom. The maximum atomic E-state index is 9.80. The van der Waals surface area contributed by atoms with E-state index in [0.717, 1.165) is 36.0 Å². The van der Waals surface area contributed by atoms with Gasteiger partial charge in [-0.15, -0.1) is 0 Å². The Hall–Kier alpha value is -1.74. The SMILES string of the molecule is Oc1ccc(OCC2CCCO2)c2ccccc12. The van der Waals surface area contributed by atoms with Crippen LogP contribution in [0.3, 0.4) is 0 Å². The molecule has 1 heterocycles. The quantitative estimate of drug-likeness (QED) is 0.901. The highest BCUT2D eigenvalue weighted by molar-refractivity contribution is 5.92. The number of ether oxygens (including phenoxy) is 2. The summed E-state index contributed by atoms with van der Waals surface area (Å²) in [7, 11) is 0. The van der Waals surface area contributed by atoms with Gasteiger partial charge in [0, 0.05) is 17.4 Å². The lowest BCUT2D eigenvalue weighted by atomic mass is 10.1. The molecule has 2 aromatic carbocycles. The molecule has 0 spiro atoms. The normalized spacial score (nSPS) is 19.2. The molecule has 0 aromatic heterocycles. The largest absolute Gasteiger partial charge is 0.507 e. The molecule has 0 amide bonds. The second-order valence-electron chi connectivity index (χ2n) is 4.57. The summed E-state index contributed by atoms with van der Waals surface area (Å²) >= 11 is 0. The van der Waals surface area contributed by atoms with Crippen molar-refractivity contribution in [2.24, 2.45) is 0 Å². The van der Waals surface area contributed by atoms with Crippen molar-refractivity contribution in [1.29, 1.82) is 0 Å². The van der Waals surface area contributed by atoms with Crippen LogP contribution in [0, 0.1) is 0 Å². The maximum absolute atomic E-state index is 9.80. The summed E-state index contributed by atoms with van der Waals surface area (Å²) in [4.78, 5) is 0. The highest BCUT2D eigenvalue weighted by Crippen LogP contribution is 2.32. The van der Waals surface area contributed by atoms with E-state index in [9.17, 15) is 5.11 Å². The van der Waals surface area contributed by atoms with Crippen LogP contribution >= 0.6 is 0 Å². The van der Waals surface area contributed by atoms with Crippen LogP contribution in [0.15, 0.2) is 36.4 Å². The fourth-order valence-electron chi connectivity index (χ4n) is 2.34. The lowest BCUT2D eigenvalue weighted by Crippen LogP contribution is -2.16. The fourth-order valence-corrected chi connectivity index (χ4v) is 2.34. The molecule has 94 valence electrons. The smallest absolute Gasteiger partial charge is 0.127 e. The van der Waals surface area contributed by atoms with Crippen LogP contribution < -0.4 is 4.74 Å². The van der Waals surface area contributed by atoms with Gasteiger partial charge in [0.15, 0.2) is 0 Å². The molecule has 3 rings (SSSR count). The number of aromatic hydroxyl groups is 1. The summed E-state index contributed by atoms with van der Waals surface area (Å²) in [5.41, 5.74) is 0. The molecule has 1 N–H and O–H groups in total. The Bertz CT molecular complexity index is 544. The van der Waals surface area contributed by atoms with E-state index in [1.54, 1.807) is 6.07 Å². The molecule has 3 heteroatoms. The first-order valence-corrected chi connectivity index (χ1v) is 6.30. The summed E-state index contributed by atoms with van der Waals surface area (Å²) in [6, 6.07) is 11.2. The van der Waals surface area contributed by atoms with Crippen molar-refractivity contribution in [2.75, 3.05) is 13.2 Å². The van der Waals surface area contributed by atoms with E-state index >= 15 is 0 Å². The first kappa shape index (κ1) is 11.4. The minimum absolute atomic E-state index is 0.206. The van der Waals surface area contributed by atoms with Crippen LogP contribution in [0.2, 0.25) is 0 Å². The van der Waals surface area contributed by atoms with E-state index in [-0.39, 0.29) is 11.9 Å². The van der Waals surface area contributed by atoms with Crippen molar-refractivity contribution >= 4 is 10.8 Å². The van der Waals surface area contributed by atoms with Crippen molar-refractivity contribution in [2.45, 2.75) is 18.9 Å². The summed E-state index contributed by atoms with van der Waals surface area (Å²) < 4.78 is 11.4. The second kappa shape index (κ2) is 4.86. The van der Waals surface area contributed by atoms with Gasteiger partial charge in [0.25, 0.3) is 0 Å². The van der Waals surface area contributed by atoms with Crippen LogP contribution in [0.25, 0.3) is 10.8 Å². The van der Waals surface area contributed by atoms with Gasteiger partial charge in [0.2, 0.25) is 0 Å². The Labute approximate surface area is 106 Å². The molecule has 0 radical (unpaired) electrons. The lowest BCUT2D eigenvalue weighted by molar-refractivity contribution is 0.0685. The topological polar surface area (TPSA) is 38.7 Å². The van der Waals surface area contributed by atoms with Crippen molar-refractivity contribution in [1.82, 2.24) is 0 Å². The molecule has 0 aliphatic carbocycles. The van der Waals surface area contributed by atoms with Crippen molar-refractivity contribution in [3.8, 4) is 11.5 Å². The zero-order chi connectivity index (χ0) is 12.4. The van der Waals surface area contributed by atoms with E-state index in [1.807, 2.05) is 30.3 Å². The average Bonchev–Trinajstić information content (AvgIpc) is 2.92. The number of fused-ring (bicyclic) bond motifs is 1. The summed E-state index contributed by atoms with van der Waals surface area (Å²) in [5, 5.41) is 11.6. The molecule has 1 aliphatic rings. The first-order chi connectivity index (χ1) is 8.84. The standard InChI is InChI=1S/C15H16O3/c16-14-7-8-15(13-6-2-1-5-12(13)14)18-10-11-4-3-9-17-11/h1-2,5-8,11,16H,3-4,9-10H2. The third-order valence-electron chi connectivity index (χ3n) is 3.31. The minimum atomic E-state index is 0.206. The van der Waals surface area contributed by atoms with Crippen molar-refractivity contribution in [3.63, 3.8) is 0 Å². The van der Waals surface area contributed by atoms with Gasteiger partial charge < -0.3 is 14.6 Å². The number of benzene rings is 2. The summed E-state index contributed by atoms with van der Waals surface area (Å²) in [6.07, 6.45) is 2.39. The first-order valence-electron chi connectivity index (χ1n) is 6.30. The molecule has 1 unspecified atom stereocenters. The zero-order valence-electron chi connectivity index (χ0n) is 10.1. The number of hydrogen-bond acceptors (Lipinski definition) is 3. The highest BCUT2D eigenvalue weighted by Gasteiger charge is 2.16. The molecular weight excluding hydrogens is 228 g/mol. The highest BCUT2D eigenvalue weighted by atomic mass is 16.5. The third-order valence-corrected chi connectivity index (χ3v) is 3.31. The Kier molecular flexibility index (Phi) is 3.07. The monoisotopic (exact) mass is 244 g/mol. The number of hydrogen-bond donors (Lipinski definition) is 1. The van der Waals surface area contributed by atoms with E-state index in [2.05, 4.69) is 0 Å². The fraction of sp³-hybridized carbons (Fsp3) is 0.333. The van der Waals surface area contributed by atoms with Gasteiger partial charge in [0.1, 0.15) is 18.1 Å². The molecule has 1 aliphatic heterocycles. The zero-order valence-corrected chi connectivity index (χ0v) is 10.1. The van der Waals surface area contributed by atoms with Gasteiger partial charge in [-0.2, -0.15) is 0 Å². The van der Waals surface area contributed by atoms with E-state index < -0.39 is 0 Å². The molecule has 18 heavy (non-hydrogen) atoms. The molecule has 0 bridgehead atoms. The molecule has 1 saturated heterocycles. The van der Waals surface area contributed by atoms with Crippen LogP contribution in [0.1, 0.15) is 12.8 Å². The van der Waals surface area contributed by atoms with Gasteiger partial charge in [-0.25, -0.2) is 0 Å². The second-order valence-corrected chi connectivity index (χ2v) is 4.57. The molecule has 1 atom stereocenters. The summed E-state index contributed by atoms with van der Waals surface area (Å²) in [6.45, 7) is 1.42. The van der Waals surface area contributed by atoms with Gasteiger partial charge in [-0.1, -0.05) is 24.3 Å². The number of phenolic OH excluding ortho intramolecular Hbond substituents is 1. The Balaban J connectivity index is 1.85. The average molecular weight is 244 g/mol.